The van der Waals surface area contributed by atoms with Gasteiger partial charge in [0.2, 0.25) is 0 Å². The molecular formula is C20H24N2O3. The van der Waals surface area contributed by atoms with Crippen LogP contribution in [0.2, 0.25) is 0 Å². The Labute approximate surface area is 148 Å². The summed E-state index contributed by atoms with van der Waals surface area (Å²) in [5.41, 5.74) is 3.10. The molecule has 0 bridgehead atoms. The minimum atomic E-state index is 0.0673. The zero-order valence-corrected chi connectivity index (χ0v) is 14.8. The number of piperidine rings is 1. The normalized spacial score (nSPS) is 24.9. The van der Waals surface area contributed by atoms with E-state index >= 15 is 0 Å². The van der Waals surface area contributed by atoms with Crippen LogP contribution in [0.15, 0.2) is 53.7 Å². The van der Waals surface area contributed by atoms with E-state index in [1.54, 1.807) is 14.2 Å². The maximum absolute atomic E-state index is 9.48. The van der Waals surface area contributed by atoms with Crippen LogP contribution in [0.1, 0.15) is 36.6 Å². The van der Waals surface area contributed by atoms with Crippen LogP contribution in [-0.4, -0.2) is 25.1 Å². The van der Waals surface area contributed by atoms with Crippen molar-refractivity contribution in [2.24, 2.45) is 11.1 Å². The number of hydrogen-bond acceptors (Lipinski definition) is 5. The predicted octanol–water partition coefficient (Wildman–Crippen LogP) is 3.95. The zero-order chi connectivity index (χ0) is 17.8. The van der Waals surface area contributed by atoms with Crippen molar-refractivity contribution in [2.75, 3.05) is 14.2 Å². The van der Waals surface area contributed by atoms with E-state index in [2.05, 4.69) is 29.5 Å². The SMILES string of the molecule is COc1ccc([C@@H]2C/C(=N/O)[C@H](C)[C@H](c3ccc(OC)cc3)N2)cc1. The van der Waals surface area contributed by atoms with Crippen molar-refractivity contribution in [1.82, 2.24) is 5.32 Å². The van der Waals surface area contributed by atoms with Crippen LogP contribution in [0.5, 0.6) is 11.5 Å². The summed E-state index contributed by atoms with van der Waals surface area (Å²) in [6, 6.07) is 16.2. The molecule has 1 fully saturated rings. The molecule has 0 radical (unpaired) electrons. The summed E-state index contributed by atoms with van der Waals surface area (Å²) in [6.07, 6.45) is 0.677. The zero-order valence-electron chi connectivity index (χ0n) is 14.8. The van der Waals surface area contributed by atoms with E-state index in [-0.39, 0.29) is 18.0 Å². The number of hydrogen-bond donors (Lipinski definition) is 2. The Hall–Kier alpha value is -2.53. The van der Waals surface area contributed by atoms with Crippen molar-refractivity contribution in [3.05, 3.63) is 59.7 Å². The summed E-state index contributed by atoms with van der Waals surface area (Å²) in [7, 11) is 3.32. The van der Waals surface area contributed by atoms with Crippen LogP contribution < -0.4 is 14.8 Å². The predicted molar refractivity (Wildman–Crippen MR) is 97.6 cm³/mol. The van der Waals surface area contributed by atoms with Gasteiger partial charge in [0, 0.05) is 24.4 Å². The van der Waals surface area contributed by atoms with Gasteiger partial charge in [-0.2, -0.15) is 0 Å². The van der Waals surface area contributed by atoms with Crippen molar-refractivity contribution < 1.29 is 14.7 Å². The number of methoxy groups -OCH3 is 2. The third-order valence-electron chi connectivity index (χ3n) is 4.94. The molecule has 1 aliphatic heterocycles. The topological polar surface area (TPSA) is 63.1 Å². The molecule has 5 heteroatoms. The Morgan fingerprint density at radius 1 is 0.920 bits per heavy atom. The standard InChI is InChI=1S/C20H24N2O3/c1-13-18(22-23)12-19(14-4-8-16(24-2)9-5-14)21-20(13)15-6-10-17(25-3)11-7-15/h4-11,13,19-21,23H,12H2,1-3H3/b22-18-/t13-,19-,20+/m0/s1. The number of oxime groups is 1. The van der Waals surface area contributed by atoms with Crippen molar-refractivity contribution in [3.8, 4) is 11.5 Å². The van der Waals surface area contributed by atoms with E-state index in [9.17, 15) is 5.21 Å². The molecule has 2 N–H and O–H groups in total. The molecule has 0 aliphatic carbocycles. The van der Waals surface area contributed by atoms with Crippen molar-refractivity contribution in [3.63, 3.8) is 0 Å². The van der Waals surface area contributed by atoms with Crippen LogP contribution >= 0.6 is 0 Å². The summed E-state index contributed by atoms with van der Waals surface area (Å²) in [6.45, 7) is 2.08. The maximum atomic E-state index is 9.48. The second kappa shape index (κ2) is 7.57. The largest absolute Gasteiger partial charge is 0.497 e. The third-order valence-corrected chi connectivity index (χ3v) is 4.94. The molecule has 0 spiro atoms. The number of benzene rings is 2. The molecule has 5 nitrogen and oxygen atoms in total. The molecule has 132 valence electrons. The Morgan fingerprint density at radius 2 is 1.44 bits per heavy atom. The lowest BCUT2D eigenvalue weighted by Crippen LogP contribution is -2.41. The molecule has 1 aliphatic rings. The first kappa shape index (κ1) is 17.3. The van der Waals surface area contributed by atoms with Crippen LogP contribution in [0, 0.1) is 5.92 Å². The van der Waals surface area contributed by atoms with Gasteiger partial charge in [-0.05, 0) is 35.4 Å². The van der Waals surface area contributed by atoms with Gasteiger partial charge in [-0.1, -0.05) is 36.3 Å². The van der Waals surface area contributed by atoms with Gasteiger partial charge in [-0.3, -0.25) is 0 Å². The Bertz CT molecular complexity index is 726. The Morgan fingerprint density at radius 3 is 1.92 bits per heavy atom. The third kappa shape index (κ3) is 3.61. The maximum Gasteiger partial charge on any atom is 0.118 e. The molecular weight excluding hydrogens is 316 g/mol. The van der Waals surface area contributed by atoms with Gasteiger partial charge >= 0.3 is 0 Å². The van der Waals surface area contributed by atoms with Crippen LogP contribution in [0.25, 0.3) is 0 Å². The molecule has 0 aromatic heterocycles. The molecule has 0 unspecified atom stereocenters. The smallest absolute Gasteiger partial charge is 0.118 e. The summed E-state index contributed by atoms with van der Waals surface area (Å²) < 4.78 is 10.5. The summed E-state index contributed by atoms with van der Waals surface area (Å²) in [4.78, 5) is 0. The van der Waals surface area contributed by atoms with Crippen molar-refractivity contribution in [2.45, 2.75) is 25.4 Å². The lowest BCUT2D eigenvalue weighted by molar-refractivity contribution is 0.294. The van der Waals surface area contributed by atoms with Gasteiger partial charge in [0.25, 0.3) is 0 Å². The number of nitrogens with one attached hydrogen (secondary N) is 1. The number of ether oxygens (including phenoxy) is 2. The summed E-state index contributed by atoms with van der Waals surface area (Å²) in [5, 5.41) is 16.8. The molecule has 0 saturated carbocycles. The monoisotopic (exact) mass is 340 g/mol. The fourth-order valence-corrected chi connectivity index (χ4v) is 3.39. The average Bonchev–Trinajstić information content (AvgIpc) is 2.68. The van der Waals surface area contributed by atoms with Crippen LogP contribution in [0.3, 0.4) is 0 Å². The Kier molecular flexibility index (Phi) is 5.24. The second-order valence-electron chi connectivity index (χ2n) is 6.33. The van der Waals surface area contributed by atoms with Crippen molar-refractivity contribution in [1.29, 1.82) is 0 Å². The van der Waals surface area contributed by atoms with Gasteiger partial charge in [0.15, 0.2) is 0 Å². The van der Waals surface area contributed by atoms with Gasteiger partial charge in [-0.25, -0.2) is 0 Å². The van der Waals surface area contributed by atoms with E-state index in [0.717, 1.165) is 28.3 Å². The minimum Gasteiger partial charge on any atom is -0.497 e. The molecule has 25 heavy (non-hydrogen) atoms. The van der Waals surface area contributed by atoms with Gasteiger partial charge in [-0.15, -0.1) is 0 Å². The van der Waals surface area contributed by atoms with Gasteiger partial charge in [0.05, 0.1) is 19.9 Å². The molecule has 3 atom stereocenters. The van der Waals surface area contributed by atoms with Gasteiger partial charge < -0.3 is 20.0 Å². The number of nitrogens with zero attached hydrogens (tertiary/aromatic N) is 1. The molecule has 2 aromatic rings. The minimum absolute atomic E-state index is 0.0673. The van der Waals surface area contributed by atoms with E-state index in [0.29, 0.717) is 6.42 Å². The summed E-state index contributed by atoms with van der Waals surface area (Å²) >= 11 is 0. The van der Waals surface area contributed by atoms with Gasteiger partial charge in [0.1, 0.15) is 11.5 Å². The fourth-order valence-electron chi connectivity index (χ4n) is 3.39. The molecule has 0 amide bonds. The van der Waals surface area contributed by atoms with E-state index in [4.69, 9.17) is 9.47 Å². The first-order valence-electron chi connectivity index (χ1n) is 8.41. The highest BCUT2D eigenvalue weighted by Gasteiger charge is 2.33. The highest BCUT2D eigenvalue weighted by atomic mass is 16.5. The lowest BCUT2D eigenvalue weighted by atomic mass is 9.81. The molecule has 1 saturated heterocycles. The van der Waals surface area contributed by atoms with E-state index < -0.39 is 0 Å². The fraction of sp³-hybridized carbons (Fsp3) is 0.350. The quantitative estimate of drug-likeness (QED) is 0.653. The van der Waals surface area contributed by atoms with E-state index in [1.807, 2.05) is 36.4 Å². The van der Waals surface area contributed by atoms with Crippen LogP contribution in [-0.2, 0) is 0 Å². The molecule has 1 heterocycles. The summed E-state index contributed by atoms with van der Waals surface area (Å²) in [5.74, 6) is 1.76. The first-order valence-corrected chi connectivity index (χ1v) is 8.41. The van der Waals surface area contributed by atoms with Crippen LogP contribution in [0.4, 0.5) is 0 Å². The van der Waals surface area contributed by atoms with E-state index in [1.165, 1.54) is 0 Å². The average molecular weight is 340 g/mol. The highest BCUT2D eigenvalue weighted by Crippen LogP contribution is 2.36. The first-order chi connectivity index (χ1) is 12.2. The molecule has 3 rings (SSSR count). The molecule has 2 aromatic carbocycles. The number of rotatable bonds is 4. The lowest BCUT2D eigenvalue weighted by Gasteiger charge is -2.37. The Balaban J connectivity index is 1.88. The highest BCUT2D eigenvalue weighted by molar-refractivity contribution is 5.88. The second-order valence-corrected chi connectivity index (χ2v) is 6.33. The van der Waals surface area contributed by atoms with Crippen molar-refractivity contribution >= 4 is 5.71 Å².